The molecule has 1 aromatic heterocycles. The number of nitrogens with zero attached hydrogens (tertiary/aromatic N) is 3. The molecule has 1 amide bonds. The van der Waals surface area contributed by atoms with Gasteiger partial charge >= 0.3 is 0 Å². The van der Waals surface area contributed by atoms with E-state index in [1.807, 2.05) is 24.3 Å². The molecule has 0 radical (unpaired) electrons. The van der Waals surface area contributed by atoms with E-state index in [1.165, 1.54) is 12.4 Å². The summed E-state index contributed by atoms with van der Waals surface area (Å²) >= 11 is 1.57. The molecule has 0 spiro atoms. The molecule has 0 saturated heterocycles. The second-order valence-corrected chi connectivity index (χ2v) is 6.60. The number of hydrogen-bond donors (Lipinski definition) is 2. The Kier molecular flexibility index (Phi) is 4.29. The predicted octanol–water partition coefficient (Wildman–Crippen LogP) is 2.40. The van der Waals surface area contributed by atoms with Crippen molar-refractivity contribution in [1.82, 2.24) is 10.2 Å². The highest BCUT2D eigenvalue weighted by molar-refractivity contribution is 8.13. The number of amides is 1. The Balaban J connectivity index is 1.83. The first-order valence-corrected chi connectivity index (χ1v) is 8.22. The van der Waals surface area contributed by atoms with Crippen LogP contribution in [0.3, 0.4) is 0 Å². The van der Waals surface area contributed by atoms with E-state index in [9.17, 15) is 4.79 Å². The van der Waals surface area contributed by atoms with Gasteiger partial charge in [0.15, 0.2) is 5.17 Å². The van der Waals surface area contributed by atoms with Crippen molar-refractivity contribution < 1.29 is 4.79 Å². The first-order chi connectivity index (χ1) is 11.1. The summed E-state index contributed by atoms with van der Waals surface area (Å²) in [5.74, 6) is 0.717. The summed E-state index contributed by atoms with van der Waals surface area (Å²) in [5, 5.41) is 10.9. The highest BCUT2D eigenvalue weighted by atomic mass is 32.2. The number of rotatable bonds is 3. The van der Waals surface area contributed by atoms with Crippen molar-refractivity contribution in [2.75, 3.05) is 11.1 Å². The Bertz CT molecular complexity index is 749. The van der Waals surface area contributed by atoms with Crippen LogP contribution in [-0.2, 0) is 5.54 Å². The number of carbonyl (C=O) groups is 1. The third kappa shape index (κ3) is 3.50. The van der Waals surface area contributed by atoms with E-state index in [0.29, 0.717) is 10.7 Å². The summed E-state index contributed by atoms with van der Waals surface area (Å²) in [4.78, 5) is 16.8. The lowest BCUT2D eigenvalue weighted by atomic mass is 9.89. The van der Waals surface area contributed by atoms with Gasteiger partial charge in [-0.2, -0.15) is 10.2 Å². The van der Waals surface area contributed by atoms with Crippen LogP contribution in [0.2, 0.25) is 0 Å². The lowest BCUT2D eigenvalue weighted by Crippen LogP contribution is -2.28. The maximum Gasteiger partial charge on any atom is 0.257 e. The Hall–Kier alpha value is -2.41. The summed E-state index contributed by atoms with van der Waals surface area (Å²) in [7, 11) is 0. The fourth-order valence-corrected chi connectivity index (χ4v) is 3.43. The molecule has 1 atom stereocenters. The van der Waals surface area contributed by atoms with Crippen LogP contribution >= 0.6 is 11.8 Å². The molecular formula is C16H17N5OS. The molecule has 1 aromatic carbocycles. The van der Waals surface area contributed by atoms with Gasteiger partial charge in [-0.1, -0.05) is 23.9 Å². The molecule has 6 nitrogen and oxygen atoms in total. The van der Waals surface area contributed by atoms with Gasteiger partial charge in [0, 0.05) is 11.4 Å². The zero-order valence-corrected chi connectivity index (χ0v) is 13.5. The van der Waals surface area contributed by atoms with E-state index in [0.717, 1.165) is 23.4 Å². The van der Waals surface area contributed by atoms with E-state index >= 15 is 0 Å². The van der Waals surface area contributed by atoms with Crippen molar-refractivity contribution in [3.8, 4) is 0 Å². The Morgan fingerprint density at radius 2 is 2.22 bits per heavy atom. The zero-order valence-electron chi connectivity index (χ0n) is 12.7. The average Bonchev–Trinajstić information content (AvgIpc) is 2.56. The van der Waals surface area contributed by atoms with Gasteiger partial charge in [-0.15, -0.1) is 0 Å². The summed E-state index contributed by atoms with van der Waals surface area (Å²) in [6.45, 7) is 2.06. The third-order valence-corrected chi connectivity index (χ3v) is 4.58. The number of thioether (sulfide) groups is 1. The van der Waals surface area contributed by atoms with Gasteiger partial charge in [-0.25, -0.2) is 0 Å². The van der Waals surface area contributed by atoms with Gasteiger partial charge in [-0.3, -0.25) is 9.79 Å². The number of amidine groups is 1. The first kappa shape index (κ1) is 15.5. The van der Waals surface area contributed by atoms with E-state index in [1.54, 1.807) is 17.8 Å². The number of nitrogens with one attached hydrogen (secondary N) is 1. The maximum absolute atomic E-state index is 12.2. The lowest BCUT2D eigenvalue weighted by Gasteiger charge is -2.30. The van der Waals surface area contributed by atoms with Crippen LogP contribution in [0.1, 0.15) is 29.3 Å². The van der Waals surface area contributed by atoms with E-state index in [4.69, 9.17) is 5.73 Å². The van der Waals surface area contributed by atoms with Crippen LogP contribution in [-0.4, -0.2) is 27.0 Å². The molecule has 2 heterocycles. The van der Waals surface area contributed by atoms with Gasteiger partial charge < -0.3 is 11.1 Å². The number of aliphatic imine (C=N–C) groups is 1. The zero-order chi connectivity index (χ0) is 16.3. The Morgan fingerprint density at radius 1 is 1.35 bits per heavy atom. The summed E-state index contributed by atoms with van der Waals surface area (Å²) in [6.07, 6.45) is 3.83. The number of anilines is 1. The predicted molar refractivity (Wildman–Crippen MR) is 92.5 cm³/mol. The highest BCUT2D eigenvalue weighted by Gasteiger charge is 2.29. The highest BCUT2D eigenvalue weighted by Crippen LogP contribution is 2.35. The fraction of sp³-hybridized carbons (Fsp3) is 0.250. The number of nitrogens with two attached hydrogens (primary N) is 1. The minimum Gasteiger partial charge on any atom is -0.379 e. The molecule has 118 valence electrons. The number of carbonyl (C=O) groups excluding carboxylic acids is 1. The van der Waals surface area contributed by atoms with Gasteiger partial charge in [0.1, 0.15) is 0 Å². The second-order valence-electron chi connectivity index (χ2n) is 5.49. The standard InChI is InChI=1S/C16H17N5OS/c1-16(6-8-23-15(17)21-16)12-3-2-4-13(9-12)20-14(22)11-5-7-18-19-10-11/h2-5,7,9-10H,6,8H2,1H3,(H2,17,21)(H,20,22). The largest absolute Gasteiger partial charge is 0.379 e. The van der Waals surface area contributed by atoms with E-state index in [-0.39, 0.29) is 11.4 Å². The molecule has 0 fully saturated rings. The van der Waals surface area contributed by atoms with Crippen LogP contribution in [0.5, 0.6) is 0 Å². The summed E-state index contributed by atoms with van der Waals surface area (Å²) < 4.78 is 0. The summed E-state index contributed by atoms with van der Waals surface area (Å²) in [5.41, 5.74) is 7.74. The van der Waals surface area contributed by atoms with Crippen LogP contribution in [0.15, 0.2) is 47.7 Å². The van der Waals surface area contributed by atoms with E-state index < -0.39 is 0 Å². The van der Waals surface area contributed by atoms with Gasteiger partial charge in [0.25, 0.3) is 5.91 Å². The molecule has 3 rings (SSSR count). The van der Waals surface area contributed by atoms with Crippen molar-refractivity contribution in [3.05, 3.63) is 53.9 Å². The van der Waals surface area contributed by atoms with Crippen LogP contribution in [0, 0.1) is 0 Å². The fourth-order valence-electron chi connectivity index (χ4n) is 2.45. The van der Waals surface area contributed by atoms with Crippen LogP contribution < -0.4 is 11.1 Å². The van der Waals surface area contributed by atoms with Crippen molar-refractivity contribution in [2.24, 2.45) is 10.7 Å². The van der Waals surface area contributed by atoms with Crippen molar-refractivity contribution in [2.45, 2.75) is 18.9 Å². The molecule has 23 heavy (non-hydrogen) atoms. The second kappa shape index (κ2) is 6.37. The maximum atomic E-state index is 12.2. The lowest BCUT2D eigenvalue weighted by molar-refractivity contribution is 0.102. The SMILES string of the molecule is CC1(c2cccc(NC(=O)c3ccnnc3)c2)CCSC(N)=N1. The normalized spacial score (nSPS) is 20.7. The molecule has 1 unspecified atom stereocenters. The minimum atomic E-state index is -0.353. The molecule has 0 saturated carbocycles. The van der Waals surface area contributed by atoms with Gasteiger partial charge in [0.2, 0.25) is 0 Å². The molecule has 1 aliphatic heterocycles. The van der Waals surface area contributed by atoms with Crippen LogP contribution in [0.4, 0.5) is 5.69 Å². The smallest absolute Gasteiger partial charge is 0.257 e. The first-order valence-electron chi connectivity index (χ1n) is 7.23. The quantitative estimate of drug-likeness (QED) is 0.903. The van der Waals surface area contributed by atoms with Crippen molar-refractivity contribution in [1.29, 1.82) is 0 Å². The summed E-state index contributed by atoms with van der Waals surface area (Å²) in [6, 6.07) is 9.34. The number of benzene rings is 1. The monoisotopic (exact) mass is 327 g/mol. The van der Waals surface area contributed by atoms with Crippen LogP contribution in [0.25, 0.3) is 0 Å². The molecule has 3 N–H and O–H groups in total. The Morgan fingerprint density at radius 3 is 2.96 bits per heavy atom. The molecule has 1 aliphatic rings. The van der Waals surface area contributed by atoms with Gasteiger partial charge in [-0.05, 0) is 37.1 Å². The van der Waals surface area contributed by atoms with Gasteiger partial charge in [0.05, 0.1) is 23.5 Å². The molecule has 2 aromatic rings. The number of hydrogen-bond acceptors (Lipinski definition) is 6. The third-order valence-electron chi connectivity index (χ3n) is 3.78. The molecular weight excluding hydrogens is 310 g/mol. The van der Waals surface area contributed by atoms with Crippen molar-refractivity contribution >= 4 is 28.5 Å². The topological polar surface area (TPSA) is 93.3 Å². The number of aromatic nitrogens is 2. The molecule has 0 bridgehead atoms. The Labute approximate surface area is 138 Å². The minimum absolute atomic E-state index is 0.218. The average molecular weight is 327 g/mol. The molecule has 7 heteroatoms. The van der Waals surface area contributed by atoms with E-state index in [2.05, 4.69) is 27.4 Å². The molecule has 0 aliphatic carbocycles. The van der Waals surface area contributed by atoms with Crippen molar-refractivity contribution in [3.63, 3.8) is 0 Å².